The third-order valence-electron chi connectivity index (χ3n) is 4.75. The van der Waals surface area contributed by atoms with Crippen LogP contribution in [0.3, 0.4) is 0 Å². The van der Waals surface area contributed by atoms with E-state index in [4.69, 9.17) is 16.3 Å². The van der Waals surface area contributed by atoms with E-state index >= 15 is 0 Å². The first-order chi connectivity index (χ1) is 12.6. The topological polar surface area (TPSA) is 32.7 Å². The van der Waals surface area contributed by atoms with E-state index in [2.05, 4.69) is 33.0 Å². The molecule has 0 amide bonds. The predicted molar refractivity (Wildman–Crippen MR) is 112 cm³/mol. The average molecular weight is 457 g/mol. The highest BCUT2D eigenvalue weighted by molar-refractivity contribution is 9.10. The molecule has 2 aromatic rings. The molecule has 0 unspecified atom stereocenters. The van der Waals surface area contributed by atoms with Crippen LogP contribution in [0.15, 0.2) is 45.8 Å². The Kier molecular flexibility index (Phi) is 7.29. The van der Waals surface area contributed by atoms with Crippen LogP contribution in [0.2, 0.25) is 5.02 Å². The molecule has 1 aliphatic heterocycles. The smallest absolute Gasteiger partial charge is 0.122 e. The summed E-state index contributed by atoms with van der Waals surface area (Å²) < 4.78 is 6.52. The molecule has 140 valence electrons. The fraction of sp³-hybridized carbons (Fsp3) is 0.400. The molecule has 3 nitrogen and oxygen atoms in total. The van der Waals surface area contributed by atoms with Crippen molar-refractivity contribution in [3.05, 3.63) is 57.0 Å². The van der Waals surface area contributed by atoms with Gasteiger partial charge in [0, 0.05) is 33.3 Å². The van der Waals surface area contributed by atoms with Crippen molar-refractivity contribution in [3.63, 3.8) is 0 Å². The minimum atomic E-state index is 0.221. The van der Waals surface area contributed by atoms with Crippen molar-refractivity contribution in [2.45, 2.75) is 36.1 Å². The molecule has 0 aromatic heterocycles. The fourth-order valence-electron chi connectivity index (χ4n) is 3.38. The van der Waals surface area contributed by atoms with E-state index in [9.17, 15) is 5.11 Å². The Morgan fingerprint density at radius 1 is 1.31 bits per heavy atom. The van der Waals surface area contributed by atoms with Crippen molar-refractivity contribution < 1.29 is 9.84 Å². The van der Waals surface area contributed by atoms with Gasteiger partial charge >= 0.3 is 0 Å². The lowest BCUT2D eigenvalue weighted by Gasteiger charge is -2.24. The van der Waals surface area contributed by atoms with Gasteiger partial charge in [-0.1, -0.05) is 39.7 Å². The van der Waals surface area contributed by atoms with Crippen LogP contribution in [0.25, 0.3) is 0 Å². The Balaban J connectivity index is 1.79. The summed E-state index contributed by atoms with van der Waals surface area (Å²) in [4.78, 5) is 3.47. The highest BCUT2D eigenvalue weighted by Crippen LogP contribution is 2.37. The van der Waals surface area contributed by atoms with Crippen molar-refractivity contribution in [1.82, 2.24) is 4.90 Å². The monoisotopic (exact) mass is 455 g/mol. The molecule has 1 saturated heterocycles. The number of hydrogen-bond donors (Lipinski definition) is 1. The van der Waals surface area contributed by atoms with Gasteiger partial charge in [-0.15, -0.1) is 11.8 Å². The van der Waals surface area contributed by atoms with Crippen molar-refractivity contribution in [3.8, 4) is 5.75 Å². The highest BCUT2D eigenvalue weighted by Gasteiger charge is 2.24. The van der Waals surface area contributed by atoms with Crippen LogP contribution in [0, 0.1) is 0 Å². The zero-order valence-electron chi connectivity index (χ0n) is 14.8. The molecule has 0 aliphatic carbocycles. The van der Waals surface area contributed by atoms with E-state index in [1.54, 1.807) is 18.9 Å². The summed E-state index contributed by atoms with van der Waals surface area (Å²) in [6, 6.07) is 12.4. The predicted octanol–water partition coefficient (Wildman–Crippen LogP) is 5.36. The molecule has 1 heterocycles. The van der Waals surface area contributed by atoms with Gasteiger partial charge in [0.05, 0.1) is 18.7 Å². The Morgan fingerprint density at radius 2 is 2.15 bits per heavy atom. The van der Waals surface area contributed by atoms with Gasteiger partial charge in [0.2, 0.25) is 0 Å². The molecule has 6 heteroatoms. The first-order valence-corrected chi connectivity index (χ1v) is 10.9. The van der Waals surface area contributed by atoms with Gasteiger partial charge in [0.1, 0.15) is 5.75 Å². The number of aliphatic hydroxyl groups is 1. The number of likely N-dealkylation sites (tertiary alicyclic amines) is 1. The van der Waals surface area contributed by atoms with E-state index in [-0.39, 0.29) is 12.6 Å². The number of ether oxygens (including phenoxy) is 1. The van der Waals surface area contributed by atoms with Gasteiger partial charge in [-0.2, -0.15) is 0 Å². The summed E-state index contributed by atoms with van der Waals surface area (Å²) in [5, 5.41) is 10.4. The van der Waals surface area contributed by atoms with Crippen LogP contribution in [0.1, 0.15) is 24.0 Å². The molecular weight excluding hydrogens is 434 g/mol. The van der Waals surface area contributed by atoms with Gasteiger partial charge in [-0.25, -0.2) is 0 Å². The molecular formula is C20H23BrClNO2S. The maximum atomic E-state index is 9.58. The normalized spacial score (nSPS) is 17.6. The SMILES string of the molecule is COc1ccc(Br)cc1CSc1c(Cl)cccc1CN1CCC[C@@H]1CO. The summed E-state index contributed by atoms with van der Waals surface area (Å²) in [6.07, 6.45) is 2.21. The van der Waals surface area contributed by atoms with Crippen LogP contribution in [-0.2, 0) is 12.3 Å². The molecule has 1 atom stereocenters. The summed E-state index contributed by atoms with van der Waals surface area (Å²) in [5.74, 6) is 1.66. The van der Waals surface area contributed by atoms with Crippen LogP contribution in [-0.4, -0.2) is 36.3 Å². The van der Waals surface area contributed by atoms with Crippen molar-refractivity contribution >= 4 is 39.3 Å². The minimum absolute atomic E-state index is 0.221. The zero-order valence-corrected chi connectivity index (χ0v) is 17.9. The Morgan fingerprint density at radius 3 is 2.92 bits per heavy atom. The second kappa shape index (κ2) is 9.47. The lowest BCUT2D eigenvalue weighted by molar-refractivity contribution is 0.153. The quantitative estimate of drug-likeness (QED) is 0.569. The first kappa shape index (κ1) is 20.0. The van der Waals surface area contributed by atoms with Gasteiger partial charge < -0.3 is 9.84 Å². The van der Waals surface area contributed by atoms with E-state index in [1.807, 2.05) is 24.3 Å². The van der Waals surface area contributed by atoms with E-state index < -0.39 is 0 Å². The molecule has 1 fully saturated rings. The summed E-state index contributed by atoms with van der Waals surface area (Å²) in [6.45, 7) is 2.07. The molecule has 0 spiro atoms. The molecule has 26 heavy (non-hydrogen) atoms. The number of benzene rings is 2. The molecule has 0 saturated carbocycles. The minimum Gasteiger partial charge on any atom is -0.496 e. The lowest BCUT2D eigenvalue weighted by atomic mass is 10.2. The molecule has 1 N–H and O–H groups in total. The number of hydrogen-bond acceptors (Lipinski definition) is 4. The second-order valence-electron chi connectivity index (χ2n) is 6.42. The van der Waals surface area contributed by atoms with Crippen molar-refractivity contribution in [1.29, 1.82) is 0 Å². The summed E-state index contributed by atoms with van der Waals surface area (Å²) in [5.41, 5.74) is 2.35. The number of aliphatic hydroxyl groups excluding tert-OH is 1. The average Bonchev–Trinajstić information content (AvgIpc) is 3.08. The van der Waals surface area contributed by atoms with E-state index in [0.717, 1.165) is 57.4 Å². The highest BCUT2D eigenvalue weighted by atomic mass is 79.9. The number of nitrogens with zero attached hydrogens (tertiary/aromatic N) is 1. The molecule has 0 bridgehead atoms. The summed E-state index contributed by atoms with van der Waals surface area (Å²) >= 11 is 11.8. The standard InChI is InChI=1S/C20H23BrClNO2S/c1-25-19-8-7-16(21)10-15(19)13-26-20-14(4-2-6-18(20)22)11-23-9-3-5-17(23)12-24/h2,4,6-8,10,17,24H,3,5,9,11-13H2,1H3/t17-/m1/s1. The van der Waals surface area contributed by atoms with Gasteiger partial charge in [0.25, 0.3) is 0 Å². The van der Waals surface area contributed by atoms with E-state index in [1.165, 1.54) is 5.56 Å². The summed E-state index contributed by atoms with van der Waals surface area (Å²) in [7, 11) is 1.70. The number of thioether (sulfide) groups is 1. The fourth-order valence-corrected chi connectivity index (χ4v) is 5.19. The molecule has 1 aliphatic rings. The number of rotatable bonds is 7. The van der Waals surface area contributed by atoms with Crippen LogP contribution in [0.4, 0.5) is 0 Å². The Bertz CT molecular complexity index is 759. The number of halogens is 2. The Hall–Kier alpha value is -0.720. The maximum Gasteiger partial charge on any atom is 0.122 e. The molecule has 0 radical (unpaired) electrons. The van der Waals surface area contributed by atoms with Gasteiger partial charge in [0.15, 0.2) is 0 Å². The third kappa shape index (κ3) is 4.76. The van der Waals surface area contributed by atoms with E-state index in [0.29, 0.717) is 0 Å². The maximum absolute atomic E-state index is 9.58. The van der Waals surface area contributed by atoms with Crippen LogP contribution in [0.5, 0.6) is 5.75 Å². The third-order valence-corrected chi connectivity index (χ3v) is 6.89. The van der Waals surface area contributed by atoms with Crippen LogP contribution >= 0.6 is 39.3 Å². The van der Waals surface area contributed by atoms with Gasteiger partial charge in [-0.3, -0.25) is 4.90 Å². The van der Waals surface area contributed by atoms with Crippen molar-refractivity contribution in [2.24, 2.45) is 0 Å². The van der Waals surface area contributed by atoms with Crippen LogP contribution < -0.4 is 4.74 Å². The zero-order chi connectivity index (χ0) is 18.5. The first-order valence-electron chi connectivity index (χ1n) is 8.70. The second-order valence-corrected chi connectivity index (χ2v) is 8.73. The molecule has 2 aromatic carbocycles. The Labute approximate surface area is 172 Å². The van der Waals surface area contributed by atoms with Crippen molar-refractivity contribution in [2.75, 3.05) is 20.3 Å². The molecule has 3 rings (SSSR count). The number of methoxy groups -OCH3 is 1. The van der Waals surface area contributed by atoms with Gasteiger partial charge in [-0.05, 0) is 49.2 Å². The largest absolute Gasteiger partial charge is 0.496 e. The lowest BCUT2D eigenvalue weighted by Crippen LogP contribution is -2.31.